The molecule has 0 aliphatic rings. The maximum absolute atomic E-state index is 14.0. The highest BCUT2D eigenvalue weighted by Crippen LogP contribution is 2.28. The Hall–Kier alpha value is -2.02. The van der Waals surface area contributed by atoms with Crippen molar-refractivity contribution in [2.45, 2.75) is 18.7 Å². The van der Waals surface area contributed by atoms with E-state index in [2.05, 4.69) is 0 Å². The summed E-state index contributed by atoms with van der Waals surface area (Å²) in [7, 11) is -4.15. The van der Waals surface area contributed by atoms with Gasteiger partial charge in [0.05, 0.1) is 10.6 Å². The van der Waals surface area contributed by atoms with Crippen LogP contribution < -0.4 is 4.31 Å². The van der Waals surface area contributed by atoms with Crippen LogP contribution in [0.2, 0.25) is 0 Å². The number of halogens is 3. The van der Waals surface area contributed by atoms with Crippen LogP contribution in [0.25, 0.3) is 0 Å². The molecule has 0 aliphatic carbocycles. The summed E-state index contributed by atoms with van der Waals surface area (Å²) in [4.78, 5) is -0.191. The maximum Gasteiger partial charge on any atom is 0.264 e. The Balaban J connectivity index is 2.58. The first-order chi connectivity index (χ1) is 10.7. The van der Waals surface area contributed by atoms with Crippen molar-refractivity contribution < 1.29 is 21.6 Å². The molecular formula is C16H16F3NO2S. The van der Waals surface area contributed by atoms with E-state index in [-0.39, 0.29) is 23.0 Å². The van der Waals surface area contributed by atoms with Gasteiger partial charge in [-0.25, -0.2) is 21.6 Å². The van der Waals surface area contributed by atoms with Gasteiger partial charge in [-0.15, -0.1) is 0 Å². The predicted molar refractivity (Wildman–Crippen MR) is 82.1 cm³/mol. The maximum atomic E-state index is 14.0. The van der Waals surface area contributed by atoms with E-state index in [9.17, 15) is 21.6 Å². The van der Waals surface area contributed by atoms with E-state index in [1.54, 1.807) is 13.8 Å². The summed E-state index contributed by atoms with van der Waals surface area (Å²) in [6.07, 6.45) is 0. The summed E-state index contributed by atoms with van der Waals surface area (Å²) in [6, 6.07) is 6.81. The third kappa shape index (κ3) is 3.85. The summed E-state index contributed by atoms with van der Waals surface area (Å²) >= 11 is 0. The van der Waals surface area contributed by atoms with Gasteiger partial charge in [0, 0.05) is 12.6 Å². The number of nitrogens with zero attached hydrogens (tertiary/aromatic N) is 1. The molecule has 2 rings (SSSR count). The second kappa shape index (κ2) is 6.62. The van der Waals surface area contributed by atoms with Crippen molar-refractivity contribution in [2.24, 2.45) is 5.92 Å². The molecule has 0 aliphatic heterocycles. The van der Waals surface area contributed by atoms with Gasteiger partial charge >= 0.3 is 0 Å². The van der Waals surface area contributed by atoms with Crippen LogP contribution in [0.5, 0.6) is 0 Å². The van der Waals surface area contributed by atoms with Crippen molar-refractivity contribution in [2.75, 3.05) is 10.8 Å². The zero-order chi connectivity index (χ0) is 17.2. The molecule has 0 atom stereocenters. The first kappa shape index (κ1) is 17.3. The summed E-state index contributed by atoms with van der Waals surface area (Å²) in [5.41, 5.74) is -0.372. The van der Waals surface area contributed by atoms with Gasteiger partial charge in [0.15, 0.2) is 0 Å². The quantitative estimate of drug-likeness (QED) is 0.824. The predicted octanol–water partition coefficient (Wildman–Crippen LogP) is 3.96. The van der Waals surface area contributed by atoms with E-state index < -0.39 is 27.5 Å². The van der Waals surface area contributed by atoms with Crippen LogP contribution in [0.3, 0.4) is 0 Å². The molecule has 0 saturated carbocycles. The molecule has 0 radical (unpaired) electrons. The van der Waals surface area contributed by atoms with Crippen LogP contribution in [-0.2, 0) is 10.0 Å². The van der Waals surface area contributed by atoms with Crippen LogP contribution in [-0.4, -0.2) is 15.0 Å². The van der Waals surface area contributed by atoms with Gasteiger partial charge in [0.2, 0.25) is 0 Å². The van der Waals surface area contributed by atoms with Crippen molar-refractivity contribution in [3.8, 4) is 0 Å². The molecule has 0 bridgehead atoms. The van der Waals surface area contributed by atoms with Crippen molar-refractivity contribution >= 4 is 15.7 Å². The number of hydrogen-bond donors (Lipinski definition) is 0. The third-order valence-corrected chi connectivity index (χ3v) is 4.90. The lowest BCUT2D eigenvalue weighted by molar-refractivity contribution is 0.565. The highest BCUT2D eigenvalue weighted by Gasteiger charge is 2.28. The SMILES string of the molecule is CC(C)CN(c1cc(F)ccc1F)S(=O)(=O)c1ccc(F)cc1. The number of sulfonamides is 1. The van der Waals surface area contributed by atoms with Gasteiger partial charge in [-0.3, -0.25) is 4.31 Å². The van der Waals surface area contributed by atoms with Gasteiger partial charge in [0.1, 0.15) is 17.5 Å². The van der Waals surface area contributed by atoms with Crippen molar-refractivity contribution in [3.05, 3.63) is 59.9 Å². The van der Waals surface area contributed by atoms with Crippen molar-refractivity contribution in [1.82, 2.24) is 0 Å². The highest BCUT2D eigenvalue weighted by atomic mass is 32.2. The molecule has 124 valence electrons. The van der Waals surface area contributed by atoms with E-state index in [0.29, 0.717) is 0 Å². The molecular weight excluding hydrogens is 327 g/mol. The normalized spacial score (nSPS) is 11.7. The minimum Gasteiger partial charge on any atom is -0.263 e. The largest absolute Gasteiger partial charge is 0.264 e. The van der Waals surface area contributed by atoms with Crippen LogP contribution in [0.1, 0.15) is 13.8 Å². The molecule has 0 spiro atoms. The minimum atomic E-state index is -4.15. The molecule has 2 aromatic carbocycles. The fourth-order valence-corrected chi connectivity index (χ4v) is 3.70. The van der Waals surface area contributed by atoms with Crippen molar-refractivity contribution in [3.63, 3.8) is 0 Å². The number of rotatable bonds is 5. The Labute approximate surface area is 133 Å². The molecule has 0 unspecified atom stereocenters. The summed E-state index contributed by atoms with van der Waals surface area (Å²) in [5, 5.41) is 0. The average Bonchev–Trinajstić information content (AvgIpc) is 2.47. The topological polar surface area (TPSA) is 37.4 Å². The smallest absolute Gasteiger partial charge is 0.263 e. The number of anilines is 1. The summed E-state index contributed by atoms with van der Waals surface area (Å²) in [5.74, 6) is -2.31. The zero-order valence-electron chi connectivity index (χ0n) is 12.6. The molecule has 0 saturated heterocycles. The van der Waals surface area contributed by atoms with E-state index in [4.69, 9.17) is 0 Å². The van der Waals surface area contributed by atoms with E-state index in [0.717, 1.165) is 46.8 Å². The fraction of sp³-hybridized carbons (Fsp3) is 0.250. The number of benzene rings is 2. The third-order valence-electron chi connectivity index (χ3n) is 3.11. The Bertz CT molecular complexity index is 789. The molecule has 7 heteroatoms. The van der Waals surface area contributed by atoms with Crippen LogP contribution in [0.4, 0.5) is 18.9 Å². The van der Waals surface area contributed by atoms with Gasteiger partial charge in [-0.2, -0.15) is 0 Å². The summed E-state index contributed by atoms with van der Waals surface area (Å²) < 4.78 is 66.8. The molecule has 0 N–H and O–H groups in total. The number of hydrogen-bond acceptors (Lipinski definition) is 2. The lowest BCUT2D eigenvalue weighted by atomic mass is 10.2. The molecule has 0 aromatic heterocycles. The monoisotopic (exact) mass is 343 g/mol. The lowest BCUT2D eigenvalue weighted by Gasteiger charge is -2.26. The Morgan fingerprint density at radius 1 is 0.957 bits per heavy atom. The molecule has 2 aromatic rings. The first-order valence-electron chi connectivity index (χ1n) is 6.95. The molecule has 0 fully saturated rings. The molecule has 0 heterocycles. The van der Waals surface area contributed by atoms with E-state index >= 15 is 0 Å². The molecule has 23 heavy (non-hydrogen) atoms. The van der Waals surface area contributed by atoms with E-state index in [1.807, 2.05) is 0 Å². The Morgan fingerprint density at radius 2 is 1.52 bits per heavy atom. The standard InChI is InChI=1S/C16H16F3NO2S/c1-11(2)10-20(16-9-13(18)5-8-15(16)19)23(21,22)14-6-3-12(17)4-7-14/h3-9,11H,10H2,1-2H3. The van der Waals surface area contributed by atoms with Gasteiger partial charge in [0.25, 0.3) is 10.0 Å². The average molecular weight is 343 g/mol. The molecule has 0 amide bonds. The van der Waals surface area contributed by atoms with Crippen molar-refractivity contribution in [1.29, 1.82) is 0 Å². The zero-order valence-corrected chi connectivity index (χ0v) is 13.4. The Kier molecular flexibility index (Phi) is 4.99. The van der Waals surface area contributed by atoms with Crippen LogP contribution >= 0.6 is 0 Å². The van der Waals surface area contributed by atoms with Gasteiger partial charge in [-0.1, -0.05) is 13.8 Å². The molecule has 3 nitrogen and oxygen atoms in total. The fourth-order valence-electron chi connectivity index (χ4n) is 2.07. The minimum absolute atomic E-state index is 0.0416. The second-order valence-corrected chi connectivity index (χ2v) is 7.34. The summed E-state index contributed by atoms with van der Waals surface area (Å²) in [6.45, 7) is 3.47. The van der Waals surface area contributed by atoms with Crippen LogP contribution in [0, 0.1) is 23.4 Å². The second-order valence-electron chi connectivity index (χ2n) is 5.48. The Morgan fingerprint density at radius 3 is 2.09 bits per heavy atom. The highest BCUT2D eigenvalue weighted by molar-refractivity contribution is 7.92. The lowest BCUT2D eigenvalue weighted by Crippen LogP contribution is -2.35. The van der Waals surface area contributed by atoms with Gasteiger partial charge in [-0.05, 0) is 42.3 Å². The van der Waals surface area contributed by atoms with E-state index in [1.165, 1.54) is 0 Å². The van der Waals surface area contributed by atoms with Crippen LogP contribution in [0.15, 0.2) is 47.4 Å². The van der Waals surface area contributed by atoms with Gasteiger partial charge < -0.3 is 0 Å². The first-order valence-corrected chi connectivity index (χ1v) is 8.39.